The first-order chi connectivity index (χ1) is 7.77. The quantitative estimate of drug-likeness (QED) is 0.803. The number of hydrogen-bond donors (Lipinski definition) is 1. The van der Waals surface area contributed by atoms with Gasteiger partial charge in [0.1, 0.15) is 6.07 Å². The number of nitrogen functional groups attached to an aromatic ring is 1. The van der Waals surface area contributed by atoms with Gasteiger partial charge >= 0.3 is 0 Å². The molecule has 0 fully saturated rings. The lowest BCUT2D eigenvalue weighted by molar-refractivity contribution is 0.112. The van der Waals surface area contributed by atoms with Crippen LogP contribution in [0.25, 0.3) is 10.4 Å². The van der Waals surface area contributed by atoms with E-state index in [0.717, 1.165) is 10.4 Å². The minimum atomic E-state index is 0.279. The van der Waals surface area contributed by atoms with Gasteiger partial charge in [0.05, 0.1) is 21.0 Å². The molecule has 1 aromatic carbocycles. The lowest BCUT2D eigenvalue weighted by atomic mass is 10.1. The molecule has 0 aliphatic rings. The Kier molecular flexibility index (Phi) is 2.71. The Balaban J connectivity index is 2.67. The van der Waals surface area contributed by atoms with E-state index < -0.39 is 0 Å². The SMILES string of the molecule is N#Cc1c(-c2ccccc2)sc(C=O)c1N. The van der Waals surface area contributed by atoms with Crippen molar-refractivity contribution in [2.24, 2.45) is 0 Å². The summed E-state index contributed by atoms with van der Waals surface area (Å²) in [7, 11) is 0. The fourth-order valence-electron chi connectivity index (χ4n) is 1.45. The number of thiophene rings is 1. The van der Waals surface area contributed by atoms with Gasteiger partial charge in [-0.3, -0.25) is 4.79 Å². The molecule has 0 saturated carbocycles. The summed E-state index contributed by atoms with van der Waals surface area (Å²) in [6.07, 6.45) is 0.688. The van der Waals surface area contributed by atoms with Crippen molar-refractivity contribution < 1.29 is 4.79 Å². The number of nitrogens with two attached hydrogens (primary N) is 1. The smallest absolute Gasteiger partial charge is 0.162 e. The van der Waals surface area contributed by atoms with Crippen LogP contribution in [0.5, 0.6) is 0 Å². The van der Waals surface area contributed by atoms with Crippen LogP contribution in [0.4, 0.5) is 5.69 Å². The molecule has 16 heavy (non-hydrogen) atoms. The Morgan fingerprint density at radius 1 is 1.31 bits per heavy atom. The van der Waals surface area contributed by atoms with Gasteiger partial charge < -0.3 is 5.73 Å². The van der Waals surface area contributed by atoms with Crippen LogP contribution in [0.1, 0.15) is 15.2 Å². The van der Waals surface area contributed by atoms with Gasteiger partial charge in [0.15, 0.2) is 6.29 Å². The van der Waals surface area contributed by atoms with Crippen LogP contribution in [0, 0.1) is 11.3 Å². The number of nitriles is 1. The molecule has 0 spiro atoms. The highest BCUT2D eigenvalue weighted by Gasteiger charge is 2.16. The molecule has 2 aromatic rings. The fourth-order valence-corrected chi connectivity index (χ4v) is 2.44. The van der Waals surface area contributed by atoms with E-state index in [9.17, 15) is 4.79 Å². The number of carbonyl (C=O) groups is 1. The van der Waals surface area contributed by atoms with Gasteiger partial charge in [0.2, 0.25) is 0 Å². The molecule has 0 aliphatic heterocycles. The first-order valence-corrected chi connectivity index (χ1v) is 5.42. The predicted molar refractivity (Wildman–Crippen MR) is 64.3 cm³/mol. The summed E-state index contributed by atoms with van der Waals surface area (Å²) in [5, 5.41) is 9.03. The molecule has 0 atom stereocenters. The van der Waals surface area contributed by atoms with E-state index in [1.807, 2.05) is 36.4 Å². The number of benzene rings is 1. The molecular formula is C12H8N2OS. The summed E-state index contributed by atoms with van der Waals surface area (Å²) in [6.45, 7) is 0. The summed E-state index contributed by atoms with van der Waals surface area (Å²) in [5.74, 6) is 0. The predicted octanol–water partition coefficient (Wildman–Crippen LogP) is 2.68. The normalized spacial score (nSPS) is 9.69. The van der Waals surface area contributed by atoms with E-state index in [4.69, 9.17) is 11.0 Å². The Labute approximate surface area is 96.8 Å². The van der Waals surface area contributed by atoms with Gasteiger partial charge in [-0.2, -0.15) is 5.26 Å². The number of anilines is 1. The fraction of sp³-hybridized carbons (Fsp3) is 0. The first kappa shape index (κ1) is 10.4. The topological polar surface area (TPSA) is 66.9 Å². The molecule has 0 aliphatic carbocycles. The van der Waals surface area contributed by atoms with Crippen molar-refractivity contribution in [3.05, 3.63) is 40.8 Å². The molecule has 0 unspecified atom stereocenters. The summed E-state index contributed by atoms with van der Waals surface area (Å²) in [4.78, 5) is 11.9. The molecule has 2 N–H and O–H groups in total. The van der Waals surface area contributed by atoms with E-state index in [0.29, 0.717) is 16.7 Å². The summed E-state index contributed by atoms with van der Waals surface area (Å²) < 4.78 is 0. The van der Waals surface area contributed by atoms with E-state index in [-0.39, 0.29) is 5.69 Å². The highest BCUT2D eigenvalue weighted by molar-refractivity contribution is 7.18. The second-order valence-electron chi connectivity index (χ2n) is 3.18. The van der Waals surface area contributed by atoms with Crippen molar-refractivity contribution in [2.75, 3.05) is 5.73 Å². The third-order valence-electron chi connectivity index (χ3n) is 2.23. The van der Waals surface area contributed by atoms with Crippen molar-refractivity contribution >= 4 is 23.3 Å². The molecule has 2 rings (SSSR count). The molecule has 1 aromatic heterocycles. The maximum atomic E-state index is 10.8. The Bertz CT molecular complexity index is 567. The number of hydrogen-bond acceptors (Lipinski definition) is 4. The summed E-state index contributed by atoms with van der Waals surface area (Å²) in [5.41, 5.74) is 7.29. The molecule has 0 radical (unpaired) electrons. The zero-order valence-corrected chi connectivity index (χ0v) is 9.12. The molecule has 78 valence electrons. The van der Waals surface area contributed by atoms with Gasteiger partial charge in [-0.15, -0.1) is 11.3 Å². The van der Waals surface area contributed by atoms with Crippen LogP contribution >= 0.6 is 11.3 Å². The third-order valence-corrected chi connectivity index (χ3v) is 3.41. The molecule has 1 heterocycles. The number of carbonyl (C=O) groups excluding carboxylic acids is 1. The Hall–Kier alpha value is -2.12. The Morgan fingerprint density at radius 2 is 2.00 bits per heavy atom. The average molecular weight is 228 g/mol. The third kappa shape index (κ3) is 1.58. The van der Waals surface area contributed by atoms with E-state index in [1.165, 1.54) is 11.3 Å². The maximum absolute atomic E-state index is 10.8. The minimum Gasteiger partial charge on any atom is -0.396 e. The zero-order chi connectivity index (χ0) is 11.5. The lowest BCUT2D eigenvalue weighted by Crippen LogP contribution is -1.89. The van der Waals surface area contributed by atoms with Crippen LogP contribution in [-0.2, 0) is 0 Å². The zero-order valence-electron chi connectivity index (χ0n) is 8.31. The maximum Gasteiger partial charge on any atom is 0.162 e. The number of rotatable bonds is 2. The highest BCUT2D eigenvalue weighted by atomic mass is 32.1. The van der Waals surface area contributed by atoms with Crippen LogP contribution in [0.2, 0.25) is 0 Å². The average Bonchev–Trinajstić information content (AvgIpc) is 2.66. The van der Waals surface area contributed by atoms with Crippen molar-refractivity contribution in [2.45, 2.75) is 0 Å². The highest BCUT2D eigenvalue weighted by Crippen LogP contribution is 2.36. The second-order valence-corrected chi connectivity index (χ2v) is 4.23. The molecule has 0 amide bonds. The summed E-state index contributed by atoms with van der Waals surface area (Å²) in [6, 6.07) is 11.5. The van der Waals surface area contributed by atoms with Crippen LogP contribution in [0.15, 0.2) is 30.3 Å². The molecule has 0 saturated heterocycles. The molecule has 4 heteroatoms. The van der Waals surface area contributed by atoms with Crippen LogP contribution < -0.4 is 5.73 Å². The number of nitrogens with zero attached hydrogens (tertiary/aromatic N) is 1. The molecule has 3 nitrogen and oxygen atoms in total. The first-order valence-electron chi connectivity index (χ1n) is 4.61. The van der Waals surface area contributed by atoms with Gasteiger partial charge in [-0.25, -0.2) is 0 Å². The van der Waals surface area contributed by atoms with Gasteiger partial charge in [0.25, 0.3) is 0 Å². The largest absolute Gasteiger partial charge is 0.396 e. The van der Waals surface area contributed by atoms with Crippen molar-refractivity contribution in [3.63, 3.8) is 0 Å². The van der Waals surface area contributed by atoms with Crippen molar-refractivity contribution in [3.8, 4) is 16.5 Å². The molecular weight excluding hydrogens is 220 g/mol. The number of aldehydes is 1. The second kappa shape index (κ2) is 4.17. The van der Waals surface area contributed by atoms with Gasteiger partial charge in [-0.05, 0) is 5.56 Å². The standard InChI is InChI=1S/C12H8N2OS/c13-6-9-11(14)10(7-15)16-12(9)8-4-2-1-3-5-8/h1-5,7H,14H2. The van der Waals surface area contributed by atoms with E-state index in [2.05, 4.69) is 0 Å². The molecule has 0 bridgehead atoms. The van der Waals surface area contributed by atoms with Crippen molar-refractivity contribution in [1.29, 1.82) is 5.26 Å². The Morgan fingerprint density at radius 3 is 2.56 bits per heavy atom. The lowest BCUT2D eigenvalue weighted by Gasteiger charge is -1.96. The van der Waals surface area contributed by atoms with Crippen LogP contribution in [-0.4, -0.2) is 6.29 Å². The van der Waals surface area contributed by atoms with Crippen molar-refractivity contribution in [1.82, 2.24) is 0 Å². The summed E-state index contributed by atoms with van der Waals surface area (Å²) >= 11 is 1.25. The van der Waals surface area contributed by atoms with E-state index in [1.54, 1.807) is 0 Å². The van der Waals surface area contributed by atoms with Crippen LogP contribution in [0.3, 0.4) is 0 Å². The van der Waals surface area contributed by atoms with Gasteiger partial charge in [-0.1, -0.05) is 30.3 Å². The monoisotopic (exact) mass is 228 g/mol. The minimum absolute atomic E-state index is 0.279. The van der Waals surface area contributed by atoms with Gasteiger partial charge in [0, 0.05) is 0 Å². The van der Waals surface area contributed by atoms with E-state index >= 15 is 0 Å².